The highest BCUT2D eigenvalue weighted by molar-refractivity contribution is 5.80. The van der Waals surface area contributed by atoms with Crippen molar-refractivity contribution in [3.05, 3.63) is 0 Å². The zero-order chi connectivity index (χ0) is 19.9. The molecule has 0 spiro atoms. The number of aliphatic imine (C=N–C) groups is 1. The van der Waals surface area contributed by atoms with Gasteiger partial charge in [-0.1, -0.05) is 0 Å². The molecule has 0 aromatic heterocycles. The first-order chi connectivity index (χ1) is 12.8. The van der Waals surface area contributed by atoms with E-state index >= 15 is 0 Å². The van der Waals surface area contributed by atoms with Gasteiger partial charge in [-0.15, -0.1) is 0 Å². The Morgan fingerprint density at radius 1 is 1.22 bits per heavy atom. The second-order valence-corrected chi connectivity index (χ2v) is 8.57. The minimum absolute atomic E-state index is 0.111. The molecule has 2 saturated heterocycles. The zero-order valence-electron chi connectivity index (χ0n) is 17.8. The number of ether oxygens (including phenoxy) is 2. The number of piperidine rings is 1. The lowest BCUT2D eigenvalue weighted by molar-refractivity contribution is 0.0109. The summed E-state index contributed by atoms with van der Waals surface area (Å²) in [7, 11) is 1.76. The minimum atomic E-state index is -0.469. The van der Waals surface area contributed by atoms with Crippen LogP contribution in [0.2, 0.25) is 0 Å². The average molecular weight is 383 g/mol. The van der Waals surface area contributed by atoms with E-state index in [-0.39, 0.29) is 12.1 Å². The van der Waals surface area contributed by atoms with Crippen LogP contribution in [0.1, 0.15) is 53.4 Å². The topological polar surface area (TPSA) is 66.4 Å². The Labute approximate surface area is 164 Å². The Morgan fingerprint density at radius 2 is 2.00 bits per heavy atom. The molecule has 0 saturated carbocycles. The van der Waals surface area contributed by atoms with Crippen LogP contribution in [0.3, 0.4) is 0 Å². The first-order valence-electron chi connectivity index (χ1n) is 10.4. The standard InChI is InChI=1S/C20H38N4O3/c1-6-21-18(23-12-10-16(14-23)15-26-5)22-13-17-9-7-8-11-24(17)19(25)27-20(2,3)4/h16-17H,6-15H2,1-5H3,(H,21,22). The van der Waals surface area contributed by atoms with Crippen LogP contribution >= 0.6 is 0 Å². The molecule has 7 nitrogen and oxygen atoms in total. The molecule has 2 rings (SSSR count). The van der Waals surface area contributed by atoms with E-state index in [2.05, 4.69) is 17.1 Å². The van der Waals surface area contributed by atoms with Crippen molar-refractivity contribution in [2.45, 2.75) is 65.0 Å². The maximum Gasteiger partial charge on any atom is 0.410 e. The number of nitrogens with zero attached hydrogens (tertiary/aromatic N) is 3. The summed E-state index contributed by atoms with van der Waals surface area (Å²) in [6, 6.07) is 0.111. The fraction of sp³-hybridized carbons (Fsp3) is 0.900. The summed E-state index contributed by atoms with van der Waals surface area (Å²) in [6.07, 6.45) is 4.06. The van der Waals surface area contributed by atoms with Crippen molar-refractivity contribution in [2.24, 2.45) is 10.9 Å². The molecule has 2 aliphatic rings. The summed E-state index contributed by atoms with van der Waals surface area (Å²) in [5, 5.41) is 3.41. The predicted octanol–water partition coefficient (Wildman–Crippen LogP) is 2.71. The van der Waals surface area contributed by atoms with Gasteiger partial charge < -0.3 is 24.6 Å². The molecular weight excluding hydrogens is 344 g/mol. The second-order valence-electron chi connectivity index (χ2n) is 8.57. The number of rotatable bonds is 5. The summed E-state index contributed by atoms with van der Waals surface area (Å²) in [5.74, 6) is 1.51. The van der Waals surface area contributed by atoms with Gasteiger partial charge in [0.25, 0.3) is 0 Å². The van der Waals surface area contributed by atoms with Crippen molar-refractivity contribution in [1.82, 2.24) is 15.1 Å². The van der Waals surface area contributed by atoms with E-state index in [1.54, 1.807) is 7.11 Å². The number of hydrogen-bond acceptors (Lipinski definition) is 4. The van der Waals surface area contributed by atoms with Gasteiger partial charge in [0.2, 0.25) is 0 Å². The largest absolute Gasteiger partial charge is 0.444 e. The Balaban J connectivity index is 2.00. The van der Waals surface area contributed by atoms with Gasteiger partial charge in [0, 0.05) is 39.2 Å². The molecule has 156 valence electrons. The number of guanidine groups is 1. The van der Waals surface area contributed by atoms with Crippen molar-refractivity contribution in [1.29, 1.82) is 0 Å². The van der Waals surface area contributed by atoms with E-state index in [0.717, 1.165) is 64.4 Å². The Morgan fingerprint density at radius 3 is 2.67 bits per heavy atom. The highest BCUT2D eigenvalue weighted by Gasteiger charge is 2.31. The third-order valence-electron chi connectivity index (χ3n) is 5.03. The van der Waals surface area contributed by atoms with E-state index < -0.39 is 5.60 Å². The SMILES string of the molecule is CCNC(=NCC1CCCCN1C(=O)OC(C)(C)C)N1CCC(COC)C1. The lowest BCUT2D eigenvalue weighted by Gasteiger charge is -2.36. The summed E-state index contributed by atoms with van der Waals surface area (Å²) in [5.41, 5.74) is -0.469. The van der Waals surface area contributed by atoms with Crippen molar-refractivity contribution in [3.8, 4) is 0 Å². The number of carbonyl (C=O) groups is 1. The molecule has 2 atom stereocenters. The van der Waals surface area contributed by atoms with Crippen LogP contribution < -0.4 is 5.32 Å². The first kappa shape index (κ1) is 21.8. The average Bonchev–Trinajstić information content (AvgIpc) is 3.06. The summed E-state index contributed by atoms with van der Waals surface area (Å²) in [6.45, 7) is 12.8. The van der Waals surface area contributed by atoms with Gasteiger partial charge in [-0.2, -0.15) is 0 Å². The van der Waals surface area contributed by atoms with E-state index in [4.69, 9.17) is 14.5 Å². The van der Waals surface area contributed by atoms with E-state index in [9.17, 15) is 4.79 Å². The maximum absolute atomic E-state index is 12.6. The summed E-state index contributed by atoms with van der Waals surface area (Å²) in [4.78, 5) is 21.7. The highest BCUT2D eigenvalue weighted by Crippen LogP contribution is 2.21. The zero-order valence-corrected chi connectivity index (χ0v) is 17.8. The molecule has 2 fully saturated rings. The van der Waals surface area contributed by atoms with Crippen molar-refractivity contribution in [3.63, 3.8) is 0 Å². The van der Waals surface area contributed by atoms with Gasteiger partial charge >= 0.3 is 6.09 Å². The molecule has 0 radical (unpaired) electrons. The van der Waals surface area contributed by atoms with Gasteiger partial charge in [0.15, 0.2) is 5.96 Å². The van der Waals surface area contributed by atoms with Gasteiger partial charge in [0.1, 0.15) is 5.60 Å². The third kappa shape index (κ3) is 6.87. The lowest BCUT2D eigenvalue weighted by Crippen LogP contribution is -2.48. The molecule has 1 N–H and O–H groups in total. The van der Waals surface area contributed by atoms with Crippen molar-refractivity contribution < 1.29 is 14.3 Å². The van der Waals surface area contributed by atoms with Crippen LogP contribution in [0.5, 0.6) is 0 Å². The third-order valence-corrected chi connectivity index (χ3v) is 5.03. The molecule has 2 heterocycles. The highest BCUT2D eigenvalue weighted by atomic mass is 16.6. The summed E-state index contributed by atoms with van der Waals surface area (Å²) < 4.78 is 10.9. The van der Waals surface area contributed by atoms with E-state index in [1.807, 2.05) is 25.7 Å². The number of hydrogen-bond donors (Lipinski definition) is 1. The van der Waals surface area contributed by atoms with Crippen LogP contribution in [0.25, 0.3) is 0 Å². The number of amides is 1. The molecular formula is C20H38N4O3. The fourth-order valence-corrected chi connectivity index (χ4v) is 3.77. The Kier molecular flexibility index (Phi) is 8.20. The monoisotopic (exact) mass is 382 g/mol. The smallest absolute Gasteiger partial charge is 0.410 e. The van der Waals surface area contributed by atoms with Crippen molar-refractivity contribution >= 4 is 12.1 Å². The summed E-state index contributed by atoms with van der Waals surface area (Å²) >= 11 is 0. The molecule has 0 aromatic carbocycles. The minimum Gasteiger partial charge on any atom is -0.444 e. The van der Waals surface area contributed by atoms with E-state index in [1.165, 1.54) is 0 Å². The molecule has 2 aliphatic heterocycles. The van der Waals surface area contributed by atoms with Crippen LogP contribution in [0.4, 0.5) is 4.79 Å². The van der Waals surface area contributed by atoms with Gasteiger partial charge in [-0.25, -0.2) is 4.79 Å². The van der Waals surface area contributed by atoms with Gasteiger partial charge in [0.05, 0.1) is 19.2 Å². The molecule has 0 bridgehead atoms. The normalized spacial score (nSPS) is 24.3. The number of likely N-dealkylation sites (tertiary alicyclic amines) is 2. The molecule has 1 amide bonds. The lowest BCUT2D eigenvalue weighted by atomic mass is 10.0. The second kappa shape index (κ2) is 10.2. The molecule has 27 heavy (non-hydrogen) atoms. The van der Waals surface area contributed by atoms with Gasteiger partial charge in [-0.05, 0) is 53.4 Å². The molecule has 0 aliphatic carbocycles. The molecule has 7 heteroatoms. The molecule has 0 aromatic rings. The van der Waals surface area contributed by atoms with Crippen LogP contribution in [0, 0.1) is 5.92 Å². The number of carbonyl (C=O) groups excluding carboxylic acids is 1. The van der Waals surface area contributed by atoms with Crippen LogP contribution in [0.15, 0.2) is 4.99 Å². The molecule has 2 unspecified atom stereocenters. The van der Waals surface area contributed by atoms with Gasteiger partial charge in [-0.3, -0.25) is 4.99 Å². The van der Waals surface area contributed by atoms with E-state index in [0.29, 0.717) is 12.5 Å². The predicted molar refractivity (Wildman–Crippen MR) is 108 cm³/mol. The fourth-order valence-electron chi connectivity index (χ4n) is 3.77. The quantitative estimate of drug-likeness (QED) is 0.585. The van der Waals surface area contributed by atoms with Crippen LogP contribution in [-0.4, -0.2) is 79.9 Å². The number of methoxy groups -OCH3 is 1. The number of nitrogens with one attached hydrogen (secondary N) is 1. The maximum atomic E-state index is 12.6. The van der Waals surface area contributed by atoms with Crippen molar-refractivity contribution in [2.75, 3.05) is 46.4 Å². The van der Waals surface area contributed by atoms with Crippen LogP contribution in [-0.2, 0) is 9.47 Å². The Hall–Kier alpha value is -1.50. The Bertz CT molecular complexity index is 504. The first-order valence-corrected chi connectivity index (χ1v) is 10.4.